The van der Waals surface area contributed by atoms with Crippen molar-refractivity contribution >= 4 is 76.1 Å². The summed E-state index contributed by atoms with van der Waals surface area (Å²) in [5.41, 5.74) is 10.2. The maximum atomic E-state index is 6.67. The van der Waals surface area contributed by atoms with E-state index in [0.717, 1.165) is 27.8 Å². The Morgan fingerprint density at radius 1 is 0.354 bits per heavy atom. The van der Waals surface area contributed by atoms with Gasteiger partial charge in [0.2, 0.25) is 0 Å². The lowest BCUT2D eigenvalue weighted by Crippen LogP contribution is -1.92. The van der Waals surface area contributed by atoms with E-state index in [0.29, 0.717) is 0 Å². The summed E-state index contributed by atoms with van der Waals surface area (Å²) >= 11 is 0. The van der Waals surface area contributed by atoms with Gasteiger partial charge in [0, 0.05) is 27.2 Å². The second kappa shape index (κ2) is 9.57. The molecule has 2 heterocycles. The van der Waals surface area contributed by atoms with Crippen LogP contribution in [0.25, 0.3) is 104 Å². The molecular formula is C46H27NO. The van der Waals surface area contributed by atoms with Crippen molar-refractivity contribution in [3.8, 4) is 27.9 Å². The normalized spacial score (nSPS) is 12.2. The number of hydrogen-bond acceptors (Lipinski definition) is 1. The molecule has 0 amide bonds. The first-order chi connectivity index (χ1) is 23.8. The molecule has 0 aliphatic carbocycles. The highest BCUT2D eigenvalue weighted by Crippen LogP contribution is 2.45. The SMILES string of the molecule is c1ccc(-c2ccc3ccc4c(-c5ccc6c(c5)oc5ccc7c(c8ccccc8n7-c7ccccc7)c56)ccc5ccc2c3c54)cc1. The highest BCUT2D eigenvalue weighted by atomic mass is 16.3. The van der Waals surface area contributed by atoms with E-state index in [1.807, 2.05) is 0 Å². The summed E-state index contributed by atoms with van der Waals surface area (Å²) in [5.74, 6) is 0. The number of furan rings is 1. The highest BCUT2D eigenvalue weighted by Gasteiger charge is 2.20. The zero-order valence-electron chi connectivity index (χ0n) is 25.9. The molecule has 48 heavy (non-hydrogen) atoms. The molecule has 0 aliphatic heterocycles. The minimum atomic E-state index is 0.906. The summed E-state index contributed by atoms with van der Waals surface area (Å²) in [6.45, 7) is 0. The summed E-state index contributed by atoms with van der Waals surface area (Å²) in [5, 5.41) is 12.5. The second-order valence-electron chi connectivity index (χ2n) is 12.8. The Morgan fingerprint density at radius 3 is 1.73 bits per heavy atom. The largest absolute Gasteiger partial charge is 0.456 e. The third-order valence-corrected chi connectivity index (χ3v) is 10.3. The molecule has 0 unspecified atom stereocenters. The van der Waals surface area contributed by atoms with Crippen LogP contribution < -0.4 is 0 Å². The Balaban J connectivity index is 1.15. The van der Waals surface area contributed by atoms with Crippen LogP contribution in [0.3, 0.4) is 0 Å². The molecule has 0 saturated carbocycles. The van der Waals surface area contributed by atoms with Crippen molar-refractivity contribution in [3.63, 3.8) is 0 Å². The van der Waals surface area contributed by atoms with Crippen molar-refractivity contribution in [2.45, 2.75) is 0 Å². The van der Waals surface area contributed by atoms with Gasteiger partial charge < -0.3 is 8.98 Å². The molecule has 2 nitrogen and oxygen atoms in total. The lowest BCUT2D eigenvalue weighted by Gasteiger charge is -2.16. The van der Waals surface area contributed by atoms with Crippen LogP contribution in [0.5, 0.6) is 0 Å². The molecule has 0 bridgehead atoms. The molecule has 0 radical (unpaired) electrons. The van der Waals surface area contributed by atoms with Crippen LogP contribution >= 0.6 is 0 Å². The fourth-order valence-corrected chi connectivity index (χ4v) is 8.27. The Hall–Kier alpha value is -6.38. The predicted octanol–water partition coefficient (Wildman–Crippen LogP) is 12.9. The van der Waals surface area contributed by atoms with Gasteiger partial charge in [0.25, 0.3) is 0 Å². The number of rotatable bonds is 3. The zero-order valence-corrected chi connectivity index (χ0v) is 25.9. The van der Waals surface area contributed by atoms with Crippen LogP contribution in [0.1, 0.15) is 0 Å². The third-order valence-electron chi connectivity index (χ3n) is 10.3. The van der Waals surface area contributed by atoms with Crippen LogP contribution in [0.4, 0.5) is 0 Å². The molecule has 11 rings (SSSR count). The van der Waals surface area contributed by atoms with E-state index < -0.39 is 0 Å². The lowest BCUT2D eigenvalue weighted by atomic mass is 9.87. The zero-order chi connectivity index (χ0) is 31.3. The highest BCUT2D eigenvalue weighted by molar-refractivity contribution is 6.29. The van der Waals surface area contributed by atoms with Crippen molar-refractivity contribution in [3.05, 3.63) is 164 Å². The average Bonchev–Trinajstić information content (AvgIpc) is 3.69. The third kappa shape index (κ3) is 3.46. The van der Waals surface area contributed by atoms with E-state index >= 15 is 0 Å². The van der Waals surface area contributed by atoms with E-state index in [9.17, 15) is 0 Å². The van der Waals surface area contributed by atoms with E-state index in [1.54, 1.807) is 0 Å². The standard InChI is InChI=1S/C46H27NO/c1-3-9-28(10-4-1)33-20-15-29-18-23-36-34(21-16-30-17-22-35(33)43(29)44(30)36)31-19-24-38-42(27-31)48-41-26-25-40-45(46(38)41)37-13-7-8-14-39(37)47(40)32-11-5-2-6-12-32/h1-27H. The van der Waals surface area contributed by atoms with Gasteiger partial charge in [0.15, 0.2) is 0 Å². The molecule has 222 valence electrons. The fraction of sp³-hybridized carbons (Fsp3) is 0. The van der Waals surface area contributed by atoms with Gasteiger partial charge in [-0.05, 0) is 97.0 Å². The number of para-hydroxylation sites is 2. The first-order valence-corrected chi connectivity index (χ1v) is 16.5. The van der Waals surface area contributed by atoms with Crippen molar-refractivity contribution in [1.29, 1.82) is 0 Å². The first-order valence-electron chi connectivity index (χ1n) is 16.5. The maximum absolute atomic E-state index is 6.67. The Labute approximate surface area is 276 Å². The van der Waals surface area contributed by atoms with Crippen molar-refractivity contribution in [2.75, 3.05) is 0 Å². The number of fused-ring (bicyclic) bond motifs is 7. The van der Waals surface area contributed by atoms with Crippen LogP contribution in [-0.2, 0) is 0 Å². The molecular weight excluding hydrogens is 583 g/mol. The molecule has 11 aromatic rings. The summed E-state index contributed by atoms with van der Waals surface area (Å²) in [6, 6.07) is 59.4. The van der Waals surface area contributed by atoms with Gasteiger partial charge in [-0.2, -0.15) is 0 Å². The van der Waals surface area contributed by atoms with Crippen molar-refractivity contribution in [1.82, 2.24) is 4.57 Å². The molecule has 0 N–H and O–H groups in total. The summed E-state index contributed by atoms with van der Waals surface area (Å²) in [4.78, 5) is 0. The van der Waals surface area contributed by atoms with Gasteiger partial charge in [-0.1, -0.05) is 121 Å². The van der Waals surface area contributed by atoms with E-state index in [4.69, 9.17) is 4.42 Å². The van der Waals surface area contributed by atoms with E-state index in [1.165, 1.54) is 76.2 Å². The van der Waals surface area contributed by atoms with Gasteiger partial charge in [-0.3, -0.25) is 0 Å². The maximum Gasteiger partial charge on any atom is 0.136 e. The smallest absolute Gasteiger partial charge is 0.136 e. The van der Waals surface area contributed by atoms with Gasteiger partial charge in [0.1, 0.15) is 11.2 Å². The molecule has 0 aliphatic rings. The Bertz CT molecular complexity index is 3040. The molecule has 0 saturated heterocycles. The van der Waals surface area contributed by atoms with Crippen LogP contribution in [0.2, 0.25) is 0 Å². The Morgan fingerprint density at radius 2 is 0.979 bits per heavy atom. The number of hydrogen-bond donors (Lipinski definition) is 0. The lowest BCUT2D eigenvalue weighted by molar-refractivity contribution is 0.669. The van der Waals surface area contributed by atoms with Crippen LogP contribution in [0.15, 0.2) is 168 Å². The average molecular weight is 610 g/mol. The monoisotopic (exact) mass is 609 g/mol. The minimum Gasteiger partial charge on any atom is -0.456 e. The molecule has 0 spiro atoms. The van der Waals surface area contributed by atoms with E-state index in [2.05, 4.69) is 168 Å². The minimum absolute atomic E-state index is 0.906. The fourth-order valence-electron chi connectivity index (χ4n) is 8.27. The van der Waals surface area contributed by atoms with E-state index in [-0.39, 0.29) is 0 Å². The summed E-state index contributed by atoms with van der Waals surface area (Å²) in [7, 11) is 0. The number of nitrogens with zero attached hydrogens (tertiary/aromatic N) is 1. The molecule has 2 heteroatoms. The first kappa shape index (κ1) is 25.8. The summed E-state index contributed by atoms with van der Waals surface area (Å²) in [6.07, 6.45) is 0. The van der Waals surface area contributed by atoms with Gasteiger partial charge in [-0.15, -0.1) is 0 Å². The van der Waals surface area contributed by atoms with Gasteiger partial charge in [-0.25, -0.2) is 0 Å². The molecule has 9 aromatic carbocycles. The number of aromatic nitrogens is 1. The van der Waals surface area contributed by atoms with Crippen molar-refractivity contribution < 1.29 is 4.42 Å². The van der Waals surface area contributed by atoms with Gasteiger partial charge >= 0.3 is 0 Å². The second-order valence-corrected chi connectivity index (χ2v) is 12.8. The molecule has 2 aromatic heterocycles. The van der Waals surface area contributed by atoms with Crippen LogP contribution in [0, 0.1) is 0 Å². The molecule has 0 atom stereocenters. The van der Waals surface area contributed by atoms with Crippen molar-refractivity contribution in [2.24, 2.45) is 0 Å². The number of benzene rings is 9. The van der Waals surface area contributed by atoms with Crippen LogP contribution in [-0.4, -0.2) is 4.57 Å². The predicted molar refractivity (Wildman–Crippen MR) is 203 cm³/mol. The quantitative estimate of drug-likeness (QED) is 0.182. The Kier molecular flexibility index (Phi) is 5.14. The van der Waals surface area contributed by atoms with Gasteiger partial charge in [0.05, 0.1) is 11.0 Å². The molecule has 0 fully saturated rings. The summed E-state index contributed by atoms with van der Waals surface area (Å²) < 4.78 is 9.03. The topological polar surface area (TPSA) is 18.1 Å².